The van der Waals surface area contributed by atoms with Gasteiger partial charge in [0.1, 0.15) is 12.6 Å². The summed E-state index contributed by atoms with van der Waals surface area (Å²) in [4.78, 5) is 28.2. The number of carbonyl (C=O) groups is 2. The molecule has 2 amide bonds. The molecule has 0 aliphatic carbocycles. The quantitative estimate of drug-likeness (QED) is 0.264. The summed E-state index contributed by atoms with van der Waals surface area (Å²) in [6.45, 7) is 3.81. The first kappa shape index (κ1) is 30.5. The van der Waals surface area contributed by atoms with Gasteiger partial charge in [0, 0.05) is 18.1 Å². The zero-order valence-electron chi connectivity index (χ0n) is 22.0. The molecule has 10 heteroatoms. The van der Waals surface area contributed by atoms with E-state index < -0.39 is 28.5 Å². The second kappa shape index (κ2) is 14.4. The number of sulfonamides is 1. The van der Waals surface area contributed by atoms with Gasteiger partial charge in [0.15, 0.2) is 0 Å². The van der Waals surface area contributed by atoms with Gasteiger partial charge in [-0.25, -0.2) is 8.42 Å². The lowest BCUT2D eigenvalue weighted by molar-refractivity contribution is -0.138. The highest BCUT2D eigenvalue weighted by molar-refractivity contribution is 7.92. The second-order valence-corrected chi connectivity index (χ2v) is 11.8. The first-order valence-corrected chi connectivity index (χ1v) is 15.0. The molecule has 0 aliphatic heterocycles. The van der Waals surface area contributed by atoms with Crippen molar-refractivity contribution in [2.24, 2.45) is 0 Å². The molecular weight excluding hydrogens is 557 g/mol. The fourth-order valence-electron chi connectivity index (χ4n) is 4.02. The third-order valence-corrected chi connectivity index (χ3v) is 8.60. The summed E-state index contributed by atoms with van der Waals surface area (Å²) < 4.78 is 28.5. The van der Waals surface area contributed by atoms with E-state index in [0.29, 0.717) is 13.0 Å². The van der Waals surface area contributed by atoms with Crippen molar-refractivity contribution in [3.05, 3.63) is 94.5 Å². The van der Waals surface area contributed by atoms with Crippen molar-refractivity contribution in [1.29, 1.82) is 0 Å². The van der Waals surface area contributed by atoms with Gasteiger partial charge in [-0.1, -0.05) is 85.1 Å². The minimum Gasteiger partial charge on any atom is -0.354 e. The summed E-state index contributed by atoms with van der Waals surface area (Å²) in [6.07, 6.45) is 2.22. The van der Waals surface area contributed by atoms with E-state index in [4.69, 9.17) is 23.2 Å². The van der Waals surface area contributed by atoms with Crippen LogP contribution in [0.1, 0.15) is 32.3 Å². The molecule has 0 bridgehead atoms. The Balaban J connectivity index is 1.97. The van der Waals surface area contributed by atoms with Gasteiger partial charge >= 0.3 is 0 Å². The van der Waals surface area contributed by atoms with Crippen LogP contribution >= 0.6 is 23.2 Å². The molecule has 0 aromatic heterocycles. The largest absolute Gasteiger partial charge is 0.354 e. The topological polar surface area (TPSA) is 86.8 Å². The monoisotopic (exact) mass is 589 g/mol. The smallest absolute Gasteiger partial charge is 0.264 e. The molecule has 39 heavy (non-hydrogen) atoms. The lowest BCUT2D eigenvalue weighted by Gasteiger charge is -2.32. The van der Waals surface area contributed by atoms with Crippen molar-refractivity contribution in [2.75, 3.05) is 23.9 Å². The summed E-state index contributed by atoms with van der Waals surface area (Å²) >= 11 is 12.6. The van der Waals surface area contributed by atoms with E-state index in [1.807, 2.05) is 37.3 Å². The molecule has 0 spiro atoms. The van der Waals surface area contributed by atoms with Crippen LogP contribution in [-0.4, -0.2) is 50.8 Å². The van der Waals surface area contributed by atoms with Crippen LogP contribution in [0.2, 0.25) is 10.0 Å². The highest BCUT2D eigenvalue weighted by atomic mass is 35.5. The van der Waals surface area contributed by atoms with Gasteiger partial charge in [0.05, 0.1) is 15.6 Å². The standard InChI is InChI=1S/C29H33Cl2N3O4S/c1-3-4-18-32-29(36)22(2)33(19-17-23-11-7-5-8-12-23)28(35)21-34(27-20-24(30)15-16-26(27)31)39(37,38)25-13-9-6-10-14-25/h5-16,20,22H,3-4,17-19,21H2,1-2H3,(H,32,36). The molecule has 0 aliphatic rings. The maximum atomic E-state index is 13.9. The number of rotatable bonds is 13. The van der Waals surface area contributed by atoms with Crippen molar-refractivity contribution in [3.8, 4) is 0 Å². The van der Waals surface area contributed by atoms with Crippen LogP contribution in [0, 0.1) is 0 Å². The average molecular weight is 591 g/mol. The molecule has 3 aromatic rings. The molecule has 0 fully saturated rings. The Hall–Kier alpha value is -3.07. The predicted octanol–water partition coefficient (Wildman–Crippen LogP) is 5.56. The molecule has 208 valence electrons. The Bertz CT molecular complexity index is 1360. The average Bonchev–Trinajstić information content (AvgIpc) is 2.94. The van der Waals surface area contributed by atoms with Crippen LogP contribution < -0.4 is 9.62 Å². The predicted molar refractivity (Wildman–Crippen MR) is 157 cm³/mol. The Labute approximate surface area is 240 Å². The Morgan fingerprint density at radius 1 is 0.949 bits per heavy atom. The summed E-state index contributed by atoms with van der Waals surface area (Å²) in [5, 5.41) is 3.25. The number of nitrogens with one attached hydrogen (secondary N) is 1. The molecule has 1 N–H and O–H groups in total. The molecule has 0 heterocycles. The van der Waals surface area contributed by atoms with Crippen molar-refractivity contribution in [3.63, 3.8) is 0 Å². The maximum Gasteiger partial charge on any atom is 0.264 e. The maximum absolute atomic E-state index is 13.9. The van der Waals surface area contributed by atoms with Crippen molar-refractivity contribution >= 4 is 50.7 Å². The Kier molecular flexibility index (Phi) is 11.2. The summed E-state index contributed by atoms with van der Waals surface area (Å²) in [5.74, 6) is -0.845. The van der Waals surface area contributed by atoms with Gasteiger partial charge in [0.25, 0.3) is 10.0 Å². The van der Waals surface area contributed by atoms with Gasteiger partial charge in [-0.3, -0.25) is 13.9 Å². The highest BCUT2D eigenvalue weighted by Gasteiger charge is 2.33. The van der Waals surface area contributed by atoms with E-state index in [-0.39, 0.29) is 33.1 Å². The number of hydrogen-bond donors (Lipinski definition) is 1. The number of anilines is 1. The second-order valence-electron chi connectivity index (χ2n) is 9.06. The van der Waals surface area contributed by atoms with E-state index in [9.17, 15) is 18.0 Å². The number of halogens is 2. The molecular formula is C29H33Cl2N3O4S. The number of benzene rings is 3. The van der Waals surface area contributed by atoms with Crippen LogP contribution in [0.25, 0.3) is 0 Å². The van der Waals surface area contributed by atoms with Gasteiger partial charge in [-0.2, -0.15) is 0 Å². The molecule has 0 saturated heterocycles. The lowest BCUT2D eigenvalue weighted by atomic mass is 10.1. The summed E-state index contributed by atoms with van der Waals surface area (Å²) in [5.41, 5.74) is 1.06. The van der Waals surface area contributed by atoms with Crippen LogP contribution in [0.4, 0.5) is 5.69 Å². The molecule has 3 aromatic carbocycles. The number of nitrogens with zero attached hydrogens (tertiary/aromatic N) is 2. The van der Waals surface area contributed by atoms with Crippen molar-refractivity contribution in [1.82, 2.24) is 10.2 Å². The third kappa shape index (κ3) is 8.21. The minimum atomic E-state index is -4.21. The number of unbranched alkanes of at least 4 members (excludes halogenated alkanes) is 1. The van der Waals surface area contributed by atoms with E-state index in [1.54, 1.807) is 25.1 Å². The summed E-state index contributed by atoms with van der Waals surface area (Å²) in [6, 6.07) is 21.0. The fourth-order valence-corrected chi connectivity index (χ4v) is 5.90. The van der Waals surface area contributed by atoms with Gasteiger partial charge < -0.3 is 10.2 Å². The SMILES string of the molecule is CCCCNC(=O)C(C)N(CCc1ccccc1)C(=O)CN(c1cc(Cl)ccc1Cl)S(=O)(=O)c1ccccc1. The lowest BCUT2D eigenvalue weighted by Crippen LogP contribution is -2.52. The first-order valence-electron chi connectivity index (χ1n) is 12.8. The van der Waals surface area contributed by atoms with Crippen molar-refractivity contribution in [2.45, 2.75) is 44.0 Å². The minimum absolute atomic E-state index is 0.00460. The van der Waals surface area contributed by atoms with Crippen LogP contribution in [0.5, 0.6) is 0 Å². The van der Waals surface area contributed by atoms with E-state index in [2.05, 4.69) is 5.32 Å². The molecule has 7 nitrogen and oxygen atoms in total. The van der Waals surface area contributed by atoms with E-state index >= 15 is 0 Å². The van der Waals surface area contributed by atoms with Crippen LogP contribution in [0.15, 0.2) is 83.8 Å². The molecule has 1 atom stereocenters. The zero-order valence-corrected chi connectivity index (χ0v) is 24.3. The number of amides is 2. The summed E-state index contributed by atoms with van der Waals surface area (Å²) in [7, 11) is -4.21. The van der Waals surface area contributed by atoms with E-state index in [0.717, 1.165) is 22.7 Å². The van der Waals surface area contributed by atoms with Gasteiger partial charge in [-0.15, -0.1) is 0 Å². The van der Waals surface area contributed by atoms with E-state index in [1.165, 1.54) is 35.2 Å². The zero-order chi connectivity index (χ0) is 28.4. The first-order chi connectivity index (χ1) is 18.6. The number of hydrogen-bond acceptors (Lipinski definition) is 4. The molecule has 3 rings (SSSR count). The molecule has 1 unspecified atom stereocenters. The van der Waals surface area contributed by atoms with Crippen molar-refractivity contribution < 1.29 is 18.0 Å². The Morgan fingerprint density at radius 2 is 1.59 bits per heavy atom. The van der Waals surface area contributed by atoms with Crippen LogP contribution in [0.3, 0.4) is 0 Å². The third-order valence-electron chi connectivity index (χ3n) is 6.27. The highest BCUT2D eigenvalue weighted by Crippen LogP contribution is 2.33. The van der Waals surface area contributed by atoms with Gasteiger partial charge in [-0.05, 0) is 55.7 Å². The Morgan fingerprint density at radius 3 is 2.23 bits per heavy atom. The fraction of sp³-hybridized carbons (Fsp3) is 0.310. The normalized spacial score (nSPS) is 12.0. The number of carbonyl (C=O) groups excluding carboxylic acids is 2. The molecule has 0 radical (unpaired) electrons. The molecule has 0 saturated carbocycles. The van der Waals surface area contributed by atoms with Crippen LogP contribution in [-0.2, 0) is 26.0 Å². The van der Waals surface area contributed by atoms with Gasteiger partial charge in [0.2, 0.25) is 11.8 Å².